The molecular formula is C16H34N2O2. The molecule has 0 aromatic heterocycles. The first-order valence-electron chi connectivity index (χ1n) is 8.18. The molecule has 0 amide bonds. The van der Waals surface area contributed by atoms with Crippen LogP contribution >= 0.6 is 0 Å². The van der Waals surface area contributed by atoms with Crippen molar-refractivity contribution >= 4 is 5.97 Å². The van der Waals surface area contributed by atoms with Gasteiger partial charge in [-0.25, -0.2) is 0 Å². The zero-order valence-electron chi connectivity index (χ0n) is 14.1. The first kappa shape index (κ1) is 19.4. The summed E-state index contributed by atoms with van der Waals surface area (Å²) in [5.41, 5.74) is -0.544. The van der Waals surface area contributed by atoms with E-state index >= 15 is 0 Å². The summed E-state index contributed by atoms with van der Waals surface area (Å²) < 4.78 is 5.22. The van der Waals surface area contributed by atoms with Gasteiger partial charge in [-0.15, -0.1) is 0 Å². The Hall–Kier alpha value is -0.610. The van der Waals surface area contributed by atoms with Gasteiger partial charge in [-0.3, -0.25) is 4.79 Å². The molecule has 0 radical (unpaired) electrons. The average molecular weight is 286 g/mol. The first-order chi connectivity index (χ1) is 9.53. The normalized spacial score (nSPS) is 14.3. The van der Waals surface area contributed by atoms with Crippen molar-refractivity contribution in [3.63, 3.8) is 0 Å². The van der Waals surface area contributed by atoms with Gasteiger partial charge in [0.25, 0.3) is 0 Å². The van der Waals surface area contributed by atoms with Crippen LogP contribution in [0.3, 0.4) is 0 Å². The fourth-order valence-electron chi connectivity index (χ4n) is 2.35. The predicted molar refractivity (Wildman–Crippen MR) is 85.0 cm³/mol. The Morgan fingerprint density at radius 1 is 1.15 bits per heavy atom. The second kappa shape index (κ2) is 11.1. The number of esters is 1. The maximum absolute atomic E-state index is 12.1. The Morgan fingerprint density at radius 2 is 1.85 bits per heavy atom. The highest BCUT2D eigenvalue weighted by molar-refractivity contribution is 5.80. The quantitative estimate of drug-likeness (QED) is 0.560. The van der Waals surface area contributed by atoms with E-state index in [0.29, 0.717) is 6.61 Å². The highest BCUT2D eigenvalue weighted by atomic mass is 16.5. The van der Waals surface area contributed by atoms with Gasteiger partial charge in [0, 0.05) is 0 Å². The number of nitrogens with zero attached hydrogens (tertiary/aromatic N) is 1. The minimum Gasteiger partial charge on any atom is -0.465 e. The van der Waals surface area contributed by atoms with Crippen LogP contribution in [0.25, 0.3) is 0 Å². The standard InChI is InChI=1S/C16H34N2O2/c1-6-12-17-16(5,15(19)20-9-4)11-10-14-18(8-3)13-7-2/h17H,6-14H2,1-5H3. The summed E-state index contributed by atoms with van der Waals surface area (Å²) in [7, 11) is 0. The van der Waals surface area contributed by atoms with Crippen LogP contribution in [0.2, 0.25) is 0 Å². The second-order valence-corrected chi connectivity index (χ2v) is 5.52. The van der Waals surface area contributed by atoms with Crippen LogP contribution in [0, 0.1) is 0 Å². The van der Waals surface area contributed by atoms with E-state index in [4.69, 9.17) is 4.74 Å². The molecule has 1 atom stereocenters. The largest absolute Gasteiger partial charge is 0.465 e. The van der Waals surface area contributed by atoms with Gasteiger partial charge in [-0.1, -0.05) is 20.8 Å². The molecule has 0 aromatic rings. The number of carbonyl (C=O) groups is 1. The molecule has 0 spiro atoms. The number of carbonyl (C=O) groups excluding carboxylic acids is 1. The van der Waals surface area contributed by atoms with Crippen LogP contribution in [-0.2, 0) is 9.53 Å². The molecule has 0 aliphatic rings. The summed E-state index contributed by atoms with van der Waals surface area (Å²) in [6, 6.07) is 0. The minimum atomic E-state index is -0.544. The van der Waals surface area contributed by atoms with Crippen molar-refractivity contribution in [1.82, 2.24) is 10.2 Å². The average Bonchev–Trinajstić information content (AvgIpc) is 2.44. The summed E-state index contributed by atoms with van der Waals surface area (Å²) >= 11 is 0. The summed E-state index contributed by atoms with van der Waals surface area (Å²) in [5, 5.41) is 3.36. The monoisotopic (exact) mass is 286 g/mol. The van der Waals surface area contributed by atoms with E-state index in [1.54, 1.807) is 0 Å². The lowest BCUT2D eigenvalue weighted by atomic mass is 9.95. The molecule has 0 aromatic carbocycles. The SMILES string of the molecule is CCCNC(C)(CCCN(CC)CCC)C(=O)OCC. The predicted octanol–water partition coefficient (Wildman–Crippen LogP) is 2.82. The molecule has 0 aliphatic heterocycles. The topological polar surface area (TPSA) is 41.6 Å². The Morgan fingerprint density at radius 3 is 2.35 bits per heavy atom. The number of ether oxygens (including phenoxy) is 1. The molecule has 0 aliphatic carbocycles. The lowest BCUT2D eigenvalue weighted by Gasteiger charge is -2.29. The van der Waals surface area contributed by atoms with Crippen LogP contribution < -0.4 is 5.32 Å². The van der Waals surface area contributed by atoms with Gasteiger partial charge in [0.15, 0.2) is 0 Å². The lowest BCUT2D eigenvalue weighted by Crippen LogP contribution is -2.51. The molecule has 0 rings (SSSR count). The smallest absolute Gasteiger partial charge is 0.326 e. The third-order valence-corrected chi connectivity index (χ3v) is 3.63. The molecule has 4 heteroatoms. The highest BCUT2D eigenvalue weighted by Crippen LogP contribution is 2.15. The molecule has 1 unspecified atom stereocenters. The van der Waals surface area contributed by atoms with Crippen LogP contribution in [-0.4, -0.2) is 49.2 Å². The number of nitrogens with one attached hydrogen (secondary N) is 1. The summed E-state index contributed by atoms with van der Waals surface area (Å²) in [6.07, 6.45) is 4.04. The van der Waals surface area contributed by atoms with Gasteiger partial charge < -0.3 is 15.0 Å². The van der Waals surface area contributed by atoms with Gasteiger partial charge in [-0.2, -0.15) is 0 Å². The molecule has 0 fully saturated rings. The van der Waals surface area contributed by atoms with Crippen molar-refractivity contribution in [1.29, 1.82) is 0 Å². The van der Waals surface area contributed by atoms with Crippen molar-refractivity contribution in [2.45, 2.75) is 65.8 Å². The van der Waals surface area contributed by atoms with Gasteiger partial charge in [0.2, 0.25) is 0 Å². The van der Waals surface area contributed by atoms with Crippen molar-refractivity contribution in [2.75, 3.05) is 32.8 Å². The van der Waals surface area contributed by atoms with E-state index in [9.17, 15) is 4.79 Å². The molecule has 0 saturated carbocycles. The number of hydrogen-bond donors (Lipinski definition) is 1. The van der Waals surface area contributed by atoms with Gasteiger partial charge in [0.1, 0.15) is 5.54 Å². The summed E-state index contributed by atoms with van der Waals surface area (Å²) in [4.78, 5) is 14.6. The molecule has 0 heterocycles. The van der Waals surface area contributed by atoms with Gasteiger partial charge in [0.05, 0.1) is 6.61 Å². The van der Waals surface area contributed by atoms with Crippen LogP contribution in [0.4, 0.5) is 0 Å². The minimum absolute atomic E-state index is 0.119. The van der Waals surface area contributed by atoms with E-state index in [1.165, 1.54) is 6.42 Å². The zero-order valence-corrected chi connectivity index (χ0v) is 14.1. The van der Waals surface area contributed by atoms with E-state index < -0.39 is 5.54 Å². The maximum Gasteiger partial charge on any atom is 0.326 e. The molecule has 120 valence electrons. The van der Waals surface area contributed by atoms with Crippen molar-refractivity contribution in [3.05, 3.63) is 0 Å². The van der Waals surface area contributed by atoms with E-state index in [0.717, 1.165) is 45.4 Å². The Labute approximate surface area is 125 Å². The number of rotatable bonds is 12. The van der Waals surface area contributed by atoms with Crippen molar-refractivity contribution < 1.29 is 9.53 Å². The molecule has 0 bridgehead atoms. The third-order valence-electron chi connectivity index (χ3n) is 3.63. The fraction of sp³-hybridized carbons (Fsp3) is 0.938. The van der Waals surface area contributed by atoms with Gasteiger partial charge in [-0.05, 0) is 65.7 Å². The Balaban J connectivity index is 4.38. The Bertz CT molecular complexity index is 259. The fourth-order valence-corrected chi connectivity index (χ4v) is 2.35. The van der Waals surface area contributed by atoms with Crippen molar-refractivity contribution in [3.8, 4) is 0 Å². The first-order valence-corrected chi connectivity index (χ1v) is 8.18. The van der Waals surface area contributed by atoms with Crippen molar-refractivity contribution in [2.24, 2.45) is 0 Å². The van der Waals surface area contributed by atoms with E-state index in [1.807, 2.05) is 13.8 Å². The highest BCUT2D eigenvalue weighted by Gasteiger charge is 2.33. The lowest BCUT2D eigenvalue weighted by molar-refractivity contribution is -0.150. The maximum atomic E-state index is 12.1. The van der Waals surface area contributed by atoms with E-state index in [2.05, 4.69) is 31.0 Å². The third kappa shape index (κ3) is 7.25. The summed E-state index contributed by atoms with van der Waals surface area (Å²) in [5.74, 6) is -0.119. The molecule has 0 saturated heterocycles. The molecule has 1 N–H and O–H groups in total. The summed E-state index contributed by atoms with van der Waals surface area (Å²) in [6.45, 7) is 14.9. The second-order valence-electron chi connectivity index (χ2n) is 5.52. The van der Waals surface area contributed by atoms with Crippen LogP contribution in [0.1, 0.15) is 60.3 Å². The zero-order chi connectivity index (χ0) is 15.4. The van der Waals surface area contributed by atoms with Crippen LogP contribution in [0.15, 0.2) is 0 Å². The molecule has 4 nitrogen and oxygen atoms in total. The molecular weight excluding hydrogens is 252 g/mol. The van der Waals surface area contributed by atoms with Gasteiger partial charge >= 0.3 is 5.97 Å². The Kier molecular flexibility index (Phi) is 10.8. The van der Waals surface area contributed by atoms with Crippen LogP contribution in [0.5, 0.6) is 0 Å². The van der Waals surface area contributed by atoms with E-state index in [-0.39, 0.29) is 5.97 Å². The molecule has 20 heavy (non-hydrogen) atoms. The number of hydrogen-bond acceptors (Lipinski definition) is 4.